The van der Waals surface area contributed by atoms with Crippen molar-refractivity contribution in [3.05, 3.63) is 48.2 Å². The summed E-state index contributed by atoms with van der Waals surface area (Å²) in [6.45, 7) is 1.06. The number of primary amides is 1. The lowest BCUT2D eigenvalue weighted by Gasteiger charge is -2.34. The summed E-state index contributed by atoms with van der Waals surface area (Å²) in [5, 5.41) is 5.97. The van der Waals surface area contributed by atoms with Crippen molar-refractivity contribution in [2.24, 2.45) is 11.1 Å². The van der Waals surface area contributed by atoms with Gasteiger partial charge in [0.05, 0.1) is 23.8 Å². The van der Waals surface area contributed by atoms with E-state index in [0.29, 0.717) is 48.9 Å². The Hall–Kier alpha value is -3.13. The summed E-state index contributed by atoms with van der Waals surface area (Å²) in [4.78, 5) is 29.1. The summed E-state index contributed by atoms with van der Waals surface area (Å²) in [6.07, 6.45) is 2.57. The molecule has 8 nitrogen and oxygen atoms in total. The fourth-order valence-electron chi connectivity index (χ4n) is 3.18. The fourth-order valence-corrected chi connectivity index (χ4v) is 3.18. The molecular formula is C20H24N4O4. The third kappa shape index (κ3) is 4.23. The molecule has 4 N–H and O–H groups in total. The number of pyridine rings is 1. The van der Waals surface area contributed by atoms with Crippen LogP contribution in [0.25, 0.3) is 0 Å². The first-order chi connectivity index (χ1) is 13.6. The molecule has 2 heterocycles. The standard InChI is InChI=1S/C20H24N4O4/c1-27-16-7-3-2-6-15(16)24-17-14(5-4-10-22-17)18(25)23-13-20(19(21)26)8-11-28-12-9-20/h2-7,10H,8-9,11-13H2,1H3,(H2,21,26)(H,22,24)(H,23,25). The van der Waals surface area contributed by atoms with Crippen LogP contribution in [0.15, 0.2) is 42.6 Å². The van der Waals surface area contributed by atoms with Crippen molar-refractivity contribution in [3.8, 4) is 5.75 Å². The maximum atomic E-state index is 12.8. The topological polar surface area (TPSA) is 116 Å². The number of rotatable bonds is 7. The van der Waals surface area contributed by atoms with Crippen LogP contribution in [0.3, 0.4) is 0 Å². The number of nitrogens with one attached hydrogen (secondary N) is 2. The molecule has 1 saturated heterocycles. The molecule has 0 bridgehead atoms. The molecule has 0 atom stereocenters. The largest absolute Gasteiger partial charge is 0.495 e. The summed E-state index contributed by atoms with van der Waals surface area (Å²) in [5.41, 5.74) is 5.87. The Bertz CT molecular complexity index is 850. The number of hydrogen-bond acceptors (Lipinski definition) is 6. The highest BCUT2D eigenvalue weighted by molar-refractivity contribution is 5.99. The zero-order valence-corrected chi connectivity index (χ0v) is 15.7. The molecule has 0 saturated carbocycles. The van der Waals surface area contributed by atoms with E-state index in [4.69, 9.17) is 15.2 Å². The maximum absolute atomic E-state index is 12.8. The molecule has 0 spiro atoms. The minimum absolute atomic E-state index is 0.160. The van der Waals surface area contributed by atoms with Gasteiger partial charge in [-0.2, -0.15) is 0 Å². The normalized spacial score (nSPS) is 15.5. The van der Waals surface area contributed by atoms with E-state index in [-0.39, 0.29) is 12.5 Å². The SMILES string of the molecule is COc1ccccc1Nc1ncccc1C(=O)NCC1(C(N)=O)CCOCC1. The predicted molar refractivity (Wildman–Crippen MR) is 105 cm³/mol. The number of anilines is 2. The van der Waals surface area contributed by atoms with E-state index in [9.17, 15) is 9.59 Å². The van der Waals surface area contributed by atoms with Gasteiger partial charge in [0, 0.05) is 26.0 Å². The van der Waals surface area contributed by atoms with Gasteiger partial charge in [0.25, 0.3) is 5.91 Å². The zero-order chi connectivity index (χ0) is 20.0. The van der Waals surface area contributed by atoms with Gasteiger partial charge in [0.15, 0.2) is 0 Å². The summed E-state index contributed by atoms with van der Waals surface area (Å²) < 4.78 is 10.7. The predicted octanol–water partition coefficient (Wildman–Crippen LogP) is 1.85. The average Bonchev–Trinajstić information content (AvgIpc) is 2.73. The summed E-state index contributed by atoms with van der Waals surface area (Å²) in [7, 11) is 1.57. The second-order valence-corrected chi connectivity index (χ2v) is 6.66. The molecule has 3 rings (SSSR count). The van der Waals surface area contributed by atoms with Gasteiger partial charge in [-0.25, -0.2) is 4.98 Å². The van der Waals surface area contributed by atoms with Crippen LogP contribution in [0.4, 0.5) is 11.5 Å². The van der Waals surface area contributed by atoms with E-state index >= 15 is 0 Å². The van der Waals surface area contributed by atoms with Crippen molar-refractivity contribution >= 4 is 23.3 Å². The molecule has 8 heteroatoms. The minimum atomic E-state index is -0.785. The van der Waals surface area contributed by atoms with E-state index in [1.54, 1.807) is 25.4 Å². The molecule has 2 aromatic rings. The molecule has 1 aliphatic rings. The number of methoxy groups -OCH3 is 1. The summed E-state index contributed by atoms with van der Waals surface area (Å²) >= 11 is 0. The Balaban J connectivity index is 1.76. The van der Waals surface area contributed by atoms with Gasteiger partial charge in [0.1, 0.15) is 11.6 Å². The summed E-state index contributed by atoms with van der Waals surface area (Å²) in [5.74, 6) is 0.270. The highest BCUT2D eigenvalue weighted by Gasteiger charge is 2.38. The van der Waals surface area contributed by atoms with Gasteiger partial charge in [-0.3, -0.25) is 9.59 Å². The van der Waals surface area contributed by atoms with Crippen LogP contribution in [0.5, 0.6) is 5.75 Å². The smallest absolute Gasteiger partial charge is 0.255 e. The van der Waals surface area contributed by atoms with E-state index in [1.807, 2.05) is 24.3 Å². The van der Waals surface area contributed by atoms with Gasteiger partial charge >= 0.3 is 0 Å². The Morgan fingerprint density at radius 1 is 1.21 bits per heavy atom. The Morgan fingerprint density at radius 3 is 2.68 bits per heavy atom. The first kappa shape index (κ1) is 19.6. The highest BCUT2D eigenvalue weighted by atomic mass is 16.5. The van der Waals surface area contributed by atoms with Crippen molar-refractivity contribution in [1.29, 1.82) is 0 Å². The van der Waals surface area contributed by atoms with Crippen molar-refractivity contribution in [1.82, 2.24) is 10.3 Å². The molecule has 0 aliphatic carbocycles. The molecule has 0 radical (unpaired) electrons. The Kier molecular flexibility index (Phi) is 6.10. The Morgan fingerprint density at radius 2 is 1.96 bits per heavy atom. The first-order valence-electron chi connectivity index (χ1n) is 9.07. The second kappa shape index (κ2) is 8.71. The first-order valence-corrected chi connectivity index (χ1v) is 9.07. The third-order valence-electron chi connectivity index (χ3n) is 4.97. The molecule has 1 aromatic carbocycles. The van der Waals surface area contributed by atoms with E-state index in [1.165, 1.54) is 0 Å². The number of carbonyl (C=O) groups is 2. The van der Waals surface area contributed by atoms with Gasteiger partial charge in [0.2, 0.25) is 5.91 Å². The third-order valence-corrected chi connectivity index (χ3v) is 4.97. The second-order valence-electron chi connectivity index (χ2n) is 6.66. The number of nitrogens with zero attached hydrogens (tertiary/aromatic N) is 1. The molecule has 1 aromatic heterocycles. The number of nitrogens with two attached hydrogens (primary N) is 1. The summed E-state index contributed by atoms with van der Waals surface area (Å²) in [6, 6.07) is 10.7. The molecule has 1 fully saturated rings. The van der Waals surface area contributed by atoms with Crippen molar-refractivity contribution < 1.29 is 19.1 Å². The van der Waals surface area contributed by atoms with Gasteiger partial charge in [-0.15, -0.1) is 0 Å². The van der Waals surface area contributed by atoms with E-state index in [2.05, 4.69) is 15.6 Å². The quantitative estimate of drug-likeness (QED) is 0.671. The van der Waals surface area contributed by atoms with Crippen LogP contribution in [-0.2, 0) is 9.53 Å². The molecule has 2 amide bonds. The lowest BCUT2D eigenvalue weighted by Crippen LogP contribution is -2.49. The highest BCUT2D eigenvalue weighted by Crippen LogP contribution is 2.30. The molecular weight excluding hydrogens is 360 g/mol. The number of para-hydroxylation sites is 2. The maximum Gasteiger partial charge on any atom is 0.255 e. The van der Waals surface area contributed by atoms with Gasteiger partial charge in [-0.05, 0) is 37.1 Å². The van der Waals surface area contributed by atoms with E-state index < -0.39 is 11.3 Å². The van der Waals surface area contributed by atoms with Crippen LogP contribution in [0, 0.1) is 5.41 Å². The Labute approximate surface area is 163 Å². The molecule has 0 unspecified atom stereocenters. The van der Waals surface area contributed by atoms with Crippen molar-refractivity contribution in [2.45, 2.75) is 12.8 Å². The van der Waals surface area contributed by atoms with Crippen LogP contribution in [-0.4, -0.2) is 43.7 Å². The van der Waals surface area contributed by atoms with Gasteiger partial charge < -0.3 is 25.8 Å². The number of ether oxygens (including phenoxy) is 2. The average molecular weight is 384 g/mol. The zero-order valence-electron chi connectivity index (χ0n) is 15.7. The number of benzene rings is 1. The van der Waals surface area contributed by atoms with Crippen LogP contribution >= 0.6 is 0 Å². The molecule has 1 aliphatic heterocycles. The van der Waals surface area contributed by atoms with E-state index in [0.717, 1.165) is 0 Å². The number of aromatic nitrogens is 1. The number of hydrogen-bond donors (Lipinski definition) is 3. The lowest BCUT2D eigenvalue weighted by atomic mass is 9.79. The van der Waals surface area contributed by atoms with Crippen LogP contribution in [0.1, 0.15) is 23.2 Å². The minimum Gasteiger partial charge on any atom is -0.495 e. The number of amides is 2. The monoisotopic (exact) mass is 384 g/mol. The fraction of sp³-hybridized carbons (Fsp3) is 0.350. The van der Waals surface area contributed by atoms with Crippen LogP contribution in [0.2, 0.25) is 0 Å². The van der Waals surface area contributed by atoms with Crippen molar-refractivity contribution in [3.63, 3.8) is 0 Å². The van der Waals surface area contributed by atoms with Crippen molar-refractivity contribution in [2.75, 3.05) is 32.2 Å². The molecule has 28 heavy (non-hydrogen) atoms. The molecule has 148 valence electrons. The van der Waals surface area contributed by atoms with Gasteiger partial charge in [-0.1, -0.05) is 12.1 Å². The van der Waals surface area contributed by atoms with Crippen LogP contribution < -0.4 is 21.1 Å². The lowest BCUT2D eigenvalue weighted by molar-refractivity contribution is -0.132. The number of carbonyl (C=O) groups excluding carboxylic acids is 2.